The Kier molecular flexibility index (Phi) is 10.9. The van der Waals surface area contributed by atoms with E-state index < -0.39 is 0 Å². The van der Waals surface area contributed by atoms with Crippen molar-refractivity contribution < 1.29 is 14.3 Å². The maximum absolute atomic E-state index is 13.9. The molecule has 0 saturated carbocycles. The van der Waals surface area contributed by atoms with E-state index in [0.29, 0.717) is 48.9 Å². The number of aromatic nitrogens is 8. The molecule has 0 aliphatic carbocycles. The molecule has 5 heterocycles. The molecule has 2 atom stereocenters. The number of ether oxygens (including phenoxy) is 1. The minimum Gasteiger partial charge on any atom is -0.379 e. The second kappa shape index (κ2) is 15.8. The Balaban J connectivity index is 1.30. The summed E-state index contributed by atoms with van der Waals surface area (Å²) in [6.45, 7) is 17.2. The zero-order valence-electron chi connectivity index (χ0n) is 33.4. The topological polar surface area (TPSA) is 127 Å². The van der Waals surface area contributed by atoms with E-state index in [1.54, 1.807) is 15.4 Å². The fourth-order valence-corrected chi connectivity index (χ4v) is 8.02. The van der Waals surface area contributed by atoms with Crippen LogP contribution >= 0.6 is 0 Å². The maximum atomic E-state index is 13.9. The third kappa shape index (κ3) is 7.28. The standard InChI is InChI=1S/C41H53N11O3/c1-9-49-35(24-27(3)44-49)38(53)42-40-46(7)32-15-11-12-16-33(32)51(40)29(5)18-19-30(6)52-37-31(26-48-20-22-55-23-21-48)14-13-17-34(37)47(8)41(52)43-39(54)36-25-28(4)45-50(36)10-2/h11-17,24-25,29-30H,9-10,18-23,26H2,1-8H3/t29-,30-/m1/s1. The first kappa shape index (κ1) is 38.0. The van der Waals surface area contributed by atoms with Crippen LogP contribution < -0.4 is 11.2 Å². The SMILES string of the molecule is CCn1nc(C)cc1C(=O)N=c1n(C)c2ccccc2n1[C@H](C)CC[C@@H](C)n1c(=NC(=O)c2cc(C)nn2CC)n(C)c2cccc(CN3CCOCC3)c21. The highest BCUT2D eigenvalue weighted by Crippen LogP contribution is 2.28. The van der Waals surface area contributed by atoms with Gasteiger partial charge in [0.05, 0.1) is 46.7 Å². The van der Waals surface area contributed by atoms with Gasteiger partial charge in [-0.2, -0.15) is 20.2 Å². The van der Waals surface area contributed by atoms with Crippen molar-refractivity contribution in [1.29, 1.82) is 0 Å². The van der Waals surface area contributed by atoms with Crippen LogP contribution in [-0.2, 0) is 38.5 Å². The van der Waals surface area contributed by atoms with E-state index in [2.05, 4.69) is 68.4 Å². The van der Waals surface area contributed by atoms with E-state index in [-0.39, 0.29) is 23.9 Å². The van der Waals surface area contributed by atoms with Gasteiger partial charge in [0.1, 0.15) is 11.4 Å². The van der Waals surface area contributed by atoms with Crippen LogP contribution in [0.25, 0.3) is 22.1 Å². The third-order valence-electron chi connectivity index (χ3n) is 10.9. The highest BCUT2D eigenvalue weighted by atomic mass is 16.5. The van der Waals surface area contributed by atoms with E-state index in [1.807, 2.05) is 69.1 Å². The zero-order chi connectivity index (χ0) is 39.0. The number of nitrogens with zero attached hydrogens (tertiary/aromatic N) is 11. The molecule has 290 valence electrons. The van der Waals surface area contributed by atoms with Gasteiger partial charge in [0.2, 0.25) is 11.2 Å². The summed E-state index contributed by atoms with van der Waals surface area (Å²) in [5.41, 5.74) is 8.97. The number of benzene rings is 2. The maximum Gasteiger partial charge on any atom is 0.298 e. The lowest BCUT2D eigenvalue weighted by molar-refractivity contribution is 0.0343. The Morgan fingerprint density at radius 2 is 1.24 bits per heavy atom. The van der Waals surface area contributed by atoms with Gasteiger partial charge >= 0.3 is 0 Å². The number of amides is 2. The van der Waals surface area contributed by atoms with Crippen LogP contribution in [0.4, 0.5) is 0 Å². The van der Waals surface area contributed by atoms with Crippen LogP contribution in [0.1, 0.15) is 90.5 Å². The van der Waals surface area contributed by atoms with Gasteiger partial charge in [-0.15, -0.1) is 0 Å². The fraction of sp³-hybridized carbons (Fsp3) is 0.463. The summed E-state index contributed by atoms with van der Waals surface area (Å²) in [6.07, 6.45) is 1.54. The molecule has 0 radical (unpaired) electrons. The summed E-state index contributed by atoms with van der Waals surface area (Å²) in [6, 6.07) is 18.1. The molecular weight excluding hydrogens is 695 g/mol. The van der Waals surface area contributed by atoms with Crippen LogP contribution in [-0.4, -0.2) is 80.8 Å². The summed E-state index contributed by atoms with van der Waals surface area (Å²) in [5.74, 6) is -0.642. The number of para-hydroxylation sites is 3. The van der Waals surface area contributed by atoms with Crippen molar-refractivity contribution in [2.24, 2.45) is 24.1 Å². The molecule has 4 aromatic heterocycles. The number of fused-ring (bicyclic) bond motifs is 2. The molecule has 14 nitrogen and oxygen atoms in total. The molecule has 2 amide bonds. The number of carbonyl (C=O) groups excluding carboxylic acids is 2. The van der Waals surface area contributed by atoms with Gasteiger partial charge in [0, 0.05) is 58.9 Å². The number of hydrogen-bond donors (Lipinski definition) is 0. The van der Waals surface area contributed by atoms with Crippen molar-refractivity contribution in [2.45, 2.75) is 86.1 Å². The number of carbonyl (C=O) groups is 2. The molecule has 0 spiro atoms. The largest absolute Gasteiger partial charge is 0.379 e. The molecule has 2 aromatic carbocycles. The van der Waals surface area contributed by atoms with Gasteiger partial charge in [0.25, 0.3) is 11.8 Å². The molecule has 0 unspecified atom stereocenters. The third-order valence-corrected chi connectivity index (χ3v) is 10.9. The first-order valence-corrected chi connectivity index (χ1v) is 19.4. The lowest BCUT2D eigenvalue weighted by atomic mass is 10.1. The molecule has 55 heavy (non-hydrogen) atoms. The van der Waals surface area contributed by atoms with Crippen molar-refractivity contribution in [2.75, 3.05) is 26.3 Å². The lowest BCUT2D eigenvalue weighted by Gasteiger charge is -2.27. The van der Waals surface area contributed by atoms with Crippen molar-refractivity contribution in [3.8, 4) is 0 Å². The first-order chi connectivity index (χ1) is 26.5. The predicted octanol–water partition coefficient (Wildman–Crippen LogP) is 5.24. The minimum atomic E-state index is -0.322. The molecule has 7 rings (SSSR count). The smallest absolute Gasteiger partial charge is 0.298 e. The average Bonchev–Trinajstić information content (AvgIpc) is 3.92. The molecule has 0 bridgehead atoms. The Hall–Kier alpha value is -5.34. The summed E-state index contributed by atoms with van der Waals surface area (Å²) >= 11 is 0. The highest BCUT2D eigenvalue weighted by molar-refractivity contribution is 5.94. The van der Waals surface area contributed by atoms with E-state index in [1.165, 1.54) is 5.56 Å². The number of morpholine rings is 1. The molecule has 1 fully saturated rings. The van der Waals surface area contributed by atoms with Crippen molar-refractivity contribution in [3.63, 3.8) is 0 Å². The lowest BCUT2D eigenvalue weighted by Crippen LogP contribution is -2.36. The molecule has 14 heteroatoms. The predicted molar refractivity (Wildman–Crippen MR) is 212 cm³/mol. The van der Waals surface area contributed by atoms with E-state index >= 15 is 0 Å². The monoisotopic (exact) mass is 747 g/mol. The minimum absolute atomic E-state index is 0.0229. The van der Waals surface area contributed by atoms with Gasteiger partial charge in [0.15, 0.2) is 0 Å². The molecule has 1 aliphatic rings. The average molecular weight is 748 g/mol. The molecule has 1 aliphatic heterocycles. The fourth-order valence-electron chi connectivity index (χ4n) is 8.02. The van der Waals surface area contributed by atoms with E-state index in [9.17, 15) is 9.59 Å². The first-order valence-electron chi connectivity index (χ1n) is 19.4. The highest BCUT2D eigenvalue weighted by Gasteiger charge is 2.24. The van der Waals surface area contributed by atoms with Crippen LogP contribution in [0.5, 0.6) is 0 Å². The van der Waals surface area contributed by atoms with Crippen molar-refractivity contribution >= 4 is 33.9 Å². The van der Waals surface area contributed by atoms with Gasteiger partial charge < -0.3 is 23.0 Å². The Morgan fingerprint density at radius 1 is 0.727 bits per heavy atom. The summed E-state index contributed by atoms with van der Waals surface area (Å²) in [5, 5.41) is 9.00. The van der Waals surface area contributed by atoms with Crippen LogP contribution in [0.3, 0.4) is 0 Å². The van der Waals surface area contributed by atoms with Gasteiger partial charge in [-0.25, -0.2) is 0 Å². The van der Waals surface area contributed by atoms with Gasteiger partial charge in [-0.1, -0.05) is 24.3 Å². The summed E-state index contributed by atoms with van der Waals surface area (Å²) < 4.78 is 17.6. The summed E-state index contributed by atoms with van der Waals surface area (Å²) in [7, 11) is 3.95. The van der Waals surface area contributed by atoms with Crippen molar-refractivity contribution in [1.82, 2.24) is 42.7 Å². The normalized spacial score (nSPS) is 15.8. The van der Waals surface area contributed by atoms with E-state index in [0.717, 1.165) is 65.9 Å². The summed E-state index contributed by atoms with van der Waals surface area (Å²) in [4.78, 5) is 39.7. The number of hydrogen-bond acceptors (Lipinski definition) is 6. The Morgan fingerprint density at radius 3 is 1.82 bits per heavy atom. The Bertz CT molecular complexity index is 2510. The molecule has 0 N–H and O–H groups in total. The number of imidazole rings is 2. The molecular formula is C41H53N11O3. The molecule has 1 saturated heterocycles. The number of rotatable bonds is 11. The second-order valence-corrected chi connectivity index (χ2v) is 14.7. The number of aryl methyl sites for hydroxylation is 6. The van der Waals surface area contributed by atoms with Crippen LogP contribution in [0, 0.1) is 13.8 Å². The van der Waals surface area contributed by atoms with E-state index in [4.69, 9.17) is 14.7 Å². The van der Waals surface area contributed by atoms with Gasteiger partial charge in [-0.3, -0.25) is 23.9 Å². The van der Waals surface area contributed by atoms with Crippen molar-refractivity contribution in [3.05, 3.63) is 94.2 Å². The molecule has 6 aromatic rings. The quantitative estimate of drug-likeness (QED) is 0.179. The van der Waals surface area contributed by atoms with Gasteiger partial charge in [-0.05, 0) is 90.3 Å². The zero-order valence-corrected chi connectivity index (χ0v) is 33.4. The van der Waals surface area contributed by atoms with Crippen LogP contribution in [0.2, 0.25) is 0 Å². The second-order valence-electron chi connectivity index (χ2n) is 14.7. The van der Waals surface area contributed by atoms with Crippen LogP contribution in [0.15, 0.2) is 64.6 Å². The Labute approximate surface area is 321 Å².